The van der Waals surface area contributed by atoms with Crippen molar-refractivity contribution in [2.75, 3.05) is 23.3 Å². The van der Waals surface area contributed by atoms with Crippen LogP contribution >= 0.6 is 0 Å². The van der Waals surface area contributed by atoms with Crippen molar-refractivity contribution < 1.29 is 27.9 Å². The number of phenolic OH excluding ortho intramolecular Hbond substituents is 1. The number of rotatable bonds is 4. The fraction of sp³-hybridized carbons (Fsp3) is 0.222. The second-order valence-electron chi connectivity index (χ2n) is 6.04. The van der Waals surface area contributed by atoms with Gasteiger partial charge < -0.3 is 15.3 Å². The van der Waals surface area contributed by atoms with Gasteiger partial charge >= 0.3 is 0 Å². The Labute approximate surface area is 147 Å². The van der Waals surface area contributed by atoms with Crippen molar-refractivity contribution in [2.45, 2.75) is 12.3 Å². The van der Waals surface area contributed by atoms with E-state index in [9.17, 15) is 27.9 Å². The number of carbonyl (C=O) groups excluding carboxylic acids is 2. The highest BCUT2D eigenvalue weighted by Crippen LogP contribution is 2.31. The predicted molar refractivity (Wildman–Crippen MR) is 89.6 cm³/mol. The summed E-state index contributed by atoms with van der Waals surface area (Å²) in [7, 11) is 0. The zero-order valence-electron chi connectivity index (χ0n) is 13.5. The van der Waals surface area contributed by atoms with Gasteiger partial charge in [-0.2, -0.15) is 0 Å². The minimum atomic E-state index is -2.70. The van der Waals surface area contributed by atoms with Crippen LogP contribution in [0.5, 0.6) is 5.75 Å². The molecule has 5 nitrogen and oxygen atoms in total. The number of anilines is 2. The fourth-order valence-electron chi connectivity index (χ4n) is 2.76. The van der Waals surface area contributed by atoms with Crippen LogP contribution in [0.1, 0.15) is 27.1 Å². The van der Waals surface area contributed by atoms with Crippen molar-refractivity contribution in [3.63, 3.8) is 0 Å². The van der Waals surface area contributed by atoms with Crippen molar-refractivity contribution >= 4 is 23.6 Å². The van der Waals surface area contributed by atoms with E-state index in [1.165, 1.54) is 0 Å². The zero-order chi connectivity index (χ0) is 18.9. The first kappa shape index (κ1) is 17.8. The molecule has 0 aromatic heterocycles. The first-order valence-corrected chi connectivity index (χ1v) is 7.81. The van der Waals surface area contributed by atoms with E-state index < -0.39 is 23.4 Å². The third kappa shape index (κ3) is 3.63. The summed E-state index contributed by atoms with van der Waals surface area (Å²) in [6.45, 7) is -0.0973. The molecule has 2 aromatic carbocycles. The molecule has 1 fully saturated rings. The van der Waals surface area contributed by atoms with Crippen LogP contribution in [-0.2, 0) is 0 Å². The van der Waals surface area contributed by atoms with Gasteiger partial charge in [0, 0.05) is 29.9 Å². The van der Waals surface area contributed by atoms with Crippen molar-refractivity contribution in [3.8, 4) is 5.75 Å². The molecule has 1 aliphatic heterocycles. The van der Waals surface area contributed by atoms with Crippen LogP contribution in [0.2, 0.25) is 0 Å². The summed E-state index contributed by atoms with van der Waals surface area (Å²) in [5.74, 6) is -5.27. The molecular weight excluding hydrogens is 349 g/mol. The Morgan fingerprint density at radius 1 is 1.23 bits per heavy atom. The summed E-state index contributed by atoms with van der Waals surface area (Å²) in [5.41, 5.74) is 0.524. The van der Waals surface area contributed by atoms with Crippen LogP contribution in [0.3, 0.4) is 0 Å². The van der Waals surface area contributed by atoms with E-state index >= 15 is 0 Å². The lowest BCUT2D eigenvalue weighted by atomic mass is 10.1. The molecule has 0 unspecified atom stereocenters. The van der Waals surface area contributed by atoms with Gasteiger partial charge in [0.1, 0.15) is 0 Å². The molecule has 0 aliphatic carbocycles. The molecule has 3 rings (SSSR count). The van der Waals surface area contributed by atoms with Crippen molar-refractivity contribution in [1.29, 1.82) is 0 Å². The van der Waals surface area contributed by atoms with Gasteiger partial charge in [-0.25, -0.2) is 13.2 Å². The molecular formula is C18H15F3N2O3. The van der Waals surface area contributed by atoms with Gasteiger partial charge in [0.2, 0.25) is 0 Å². The Morgan fingerprint density at radius 2 is 1.92 bits per heavy atom. The number of aromatic hydroxyl groups is 1. The molecule has 8 heteroatoms. The van der Waals surface area contributed by atoms with E-state index in [1.807, 2.05) is 0 Å². The molecule has 1 aliphatic rings. The Balaban J connectivity index is 1.72. The molecule has 1 heterocycles. The van der Waals surface area contributed by atoms with Crippen LogP contribution in [0.15, 0.2) is 36.4 Å². The highest BCUT2D eigenvalue weighted by Gasteiger charge is 2.38. The van der Waals surface area contributed by atoms with Crippen LogP contribution in [-0.4, -0.2) is 36.3 Å². The largest absolute Gasteiger partial charge is 0.504 e. The molecule has 0 radical (unpaired) electrons. The minimum Gasteiger partial charge on any atom is -0.504 e. The quantitative estimate of drug-likeness (QED) is 0.816. The third-order valence-corrected chi connectivity index (χ3v) is 4.14. The Bertz CT molecular complexity index is 854. The highest BCUT2D eigenvalue weighted by atomic mass is 19.3. The van der Waals surface area contributed by atoms with E-state index in [2.05, 4.69) is 5.32 Å². The maximum Gasteiger partial charge on any atom is 0.266 e. The molecule has 26 heavy (non-hydrogen) atoms. The molecule has 1 saturated heterocycles. The molecule has 136 valence electrons. The first-order chi connectivity index (χ1) is 12.3. The van der Waals surface area contributed by atoms with Crippen LogP contribution < -0.4 is 10.2 Å². The van der Waals surface area contributed by atoms with Gasteiger partial charge in [-0.15, -0.1) is 0 Å². The van der Waals surface area contributed by atoms with E-state index in [4.69, 9.17) is 0 Å². The standard InChI is InChI=1S/C18H15F3N2O3/c19-15-8-11(7-12(9-24)16(15)25)17(26)22-13-1-3-14(4-2-13)23-6-5-18(20,21)10-23/h1-4,7-9,25H,5-6,10H2,(H,22,26). The molecule has 0 saturated carbocycles. The minimum absolute atomic E-state index is 0.134. The van der Waals surface area contributed by atoms with Crippen LogP contribution in [0.4, 0.5) is 24.5 Å². The van der Waals surface area contributed by atoms with E-state index in [-0.39, 0.29) is 36.9 Å². The second-order valence-corrected chi connectivity index (χ2v) is 6.04. The third-order valence-electron chi connectivity index (χ3n) is 4.14. The highest BCUT2D eigenvalue weighted by molar-refractivity contribution is 6.05. The lowest BCUT2D eigenvalue weighted by Gasteiger charge is -2.18. The van der Waals surface area contributed by atoms with E-state index in [0.717, 1.165) is 12.1 Å². The summed E-state index contributed by atoms with van der Waals surface area (Å²) in [6.07, 6.45) is 0.0484. The van der Waals surface area contributed by atoms with Crippen molar-refractivity contribution in [3.05, 3.63) is 53.3 Å². The summed E-state index contributed by atoms with van der Waals surface area (Å²) < 4.78 is 40.1. The number of nitrogens with zero attached hydrogens (tertiary/aromatic N) is 1. The number of aldehydes is 1. The van der Waals surface area contributed by atoms with Gasteiger partial charge in [0.25, 0.3) is 11.8 Å². The SMILES string of the molecule is O=Cc1cc(C(=O)Nc2ccc(N3CCC(F)(F)C3)cc2)cc(F)c1O. The molecule has 2 N–H and O–H groups in total. The molecule has 0 spiro atoms. The average molecular weight is 364 g/mol. The predicted octanol–water partition coefficient (Wildman–Crippen LogP) is 3.44. The van der Waals surface area contributed by atoms with Crippen molar-refractivity contribution in [2.24, 2.45) is 0 Å². The first-order valence-electron chi connectivity index (χ1n) is 7.81. The molecule has 0 bridgehead atoms. The Morgan fingerprint density at radius 3 is 2.50 bits per heavy atom. The van der Waals surface area contributed by atoms with Gasteiger partial charge in [-0.05, 0) is 36.4 Å². The number of alkyl halides is 2. The summed E-state index contributed by atoms with van der Waals surface area (Å²) in [4.78, 5) is 24.5. The Hall–Kier alpha value is -3.03. The number of carbonyl (C=O) groups is 2. The maximum absolute atomic E-state index is 13.6. The van der Waals surface area contributed by atoms with Crippen molar-refractivity contribution in [1.82, 2.24) is 0 Å². The number of hydrogen-bond donors (Lipinski definition) is 2. The fourth-order valence-corrected chi connectivity index (χ4v) is 2.76. The maximum atomic E-state index is 13.6. The van der Waals surface area contributed by atoms with Gasteiger partial charge in [-0.3, -0.25) is 9.59 Å². The number of benzene rings is 2. The van der Waals surface area contributed by atoms with E-state index in [0.29, 0.717) is 11.4 Å². The number of phenols is 1. The molecule has 0 atom stereocenters. The summed E-state index contributed by atoms with van der Waals surface area (Å²) in [5, 5.41) is 11.9. The van der Waals surface area contributed by atoms with Crippen LogP contribution in [0, 0.1) is 5.82 Å². The number of hydrogen-bond acceptors (Lipinski definition) is 4. The van der Waals surface area contributed by atoms with Crippen LogP contribution in [0.25, 0.3) is 0 Å². The Kier molecular flexibility index (Phi) is 4.58. The second kappa shape index (κ2) is 6.70. The van der Waals surface area contributed by atoms with Gasteiger partial charge in [0.05, 0.1) is 12.1 Å². The number of amides is 1. The summed E-state index contributed by atoms with van der Waals surface area (Å²) >= 11 is 0. The molecule has 1 amide bonds. The number of halogens is 3. The summed E-state index contributed by atoms with van der Waals surface area (Å²) in [6, 6.07) is 8.18. The normalized spacial score (nSPS) is 15.7. The lowest BCUT2D eigenvalue weighted by Crippen LogP contribution is -2.24. The average Bonchev–Trinajstić information content (AvgIpc) is 2.97. The molecule has 2 aromatic rings. The monoisotopic (exact) mass is 364 g/mol. The van der Waals surface area contributed by atoms with Gasteiger partial charge in [0.15, 0.2) is 17.9 Å². The zero-order valence-corrected chi connectivity index (χ0v) is 13.5. The number of nitrogens with one attached hydrogen (secondary N) is 1. The lowest BCUT2D eigenvalue weighted by molar-refractivity contribution is 0.0257. The van der Waals surface area contributed by atoms with Gasteiger partial charge in [-0.1, -0.05) is 0 Å². The topological polar surface area (TPSA) is 69.6 Å². The smallest absolute Gasteiger partial charge is 0.266 e. The van der Waals surface area contributed by atoms with E-state index in [1.54, 1.807) is 29.2 Å².